The Balaban J connectivity index is 2.30. The van der Waals surface area contributed by atoms with Crippen LogP contribution >= 0.6 is 8.60 Å². The first-order valence-electron chi connectivity index (χ1n) is 12.5. The van der Waals surface area contributed by atoms with Gasteiger partial charge in [0.1, 0.15) is 5.75 Å². The fraction of sp³-hybridized carbons (Fsp3) is 0.778. The molecule has 1 unspecified atom stereocenters. The highest BCUT2D eigenvalue weighted by molar-refractivity contribution is 7.41. The minimum Gasteiger partial charge on any atom is -0.427 e. The molecule has 1 rings (SSSR count). The molecule has 0 saturated carbocycles. The lowest BCUT2D eigenvalue weighted by Crippen LogP contribution is -2.17. The standard InChI is InChI=1S/C27H49O3P/c1-8-9-10-11-12-13-14-15-16-17-18-21-29-31(28)30-25-20-19-23(26(2,3)4)22-24(25)27(5,6)7/h19-20,22,28H,8-18,21H2,1-7H3. The second-order valence-electron chi connectivity index (χ2n) is 10.9. The Labute approximate surface area is 194 Å². The second-order valence-corrected chi connectivity index (χ2v) is 11.8. The van der Waals surface area contributed by atoms with Crippen molar-refractivity contribution in [3.63, 3.8) is 0 Å². The van der Waals surface area contributed by atoms with E-state index in [-0.39, 0.29) is 10.8 Å². The van der Waals surface area contributed by atoms with E-state index in [0.717, 1.165) is 24.2 Å². The Morgan fingerprint density at radius 2 is 1.26 bits per heavy atom. The van der Waals surface area contributed by atoms with Crippen molar-refractivity contribution in [2.45, 2.75) is 130 Å². The highest BCUT2D eigenvalue weighted by atomic mass is 31.2. The van der Waals surface area contributed by atoms with Crippen LogP contribution in [0, 0.1) is 0 Å². The summed E-state index contributed by atoms with van der Waals surface area (Å²) in [6, 6.07) is 6.29. The van der Waals surface area contributed by atoms with Gasteiger partial charge in [0.2, 0.25) is 0 Å². The van der Waals surface area contributed by atoms with Crippen LogP contribution < -0.4 is 4.52 Å². The zero-order valence-corrected chi connectivity index (χ0v) is 22.3. The summed E-state index contributed by atoms with van der Waals surface area (Å²) < 4.78 is 11.4. The Kier molecular flexibility index (Phi) is 13.3. The predicted octanol–water partition coefficient (Wildman–Crippen LogP) is 9.21. The molecule has 0 saturated heterocycles. The Bertz CT molecular complexity index is 601. The van der Waals surface area contributed by atoms with Crippen LogP contribution in [0.15, 0.2) is 18.2 Å². The summed E-state index contributed by atoms with van der Waals surface area (Å²) in [5.74, 6) is 0.730. The first-order valence-corrected chi connectivity index (χ1v) is 13.6. The van der Waals surface area contributed by atoms with Gasteiger partial charge in [-0.2, -0.15) is 0 Å². The molecule has 0 radical (unpaired) electrons. The summed E-state index contributed by atoms with van der Waals surface area (Å²) in [4.78, 5) is 10.3. The van der Waals surface area contributed by atoms with E-state index in [1.807, 2.05) is 6.07 Å². The van der Waals surface area contributed by atoms with E-state index in [4.69, 9.17) is 9.05 Å². The van der Waals surface area contributed by atoms with Gasteiger partial charge in [0.05, 0.1) is 6.61 Å². The first-order chi connectivity index (χ1) is 14.6. The van der Waals surface area contributed by atoms with Gasteiger partial charge in [0, 0.05) is 5.56 Å². The lowest BCUT2D eigenvalue weighted by Gasteiger charge is -2.27. The third-order valence-corrected chi connectivity index (χ3v) is 6.54. The van der Waals surface area contributed by atoms with Crippen LogP contribution in [-0.2, 0) is 15.4 Å². The molecule has 3 nitrogen and oxygen atoms in total. The maximum Gasteiger partial charge on any atom is 0.394 e. The zero-order valence-electron chi connectivity index (χ0n) is 21.4. The third-order valence-electron chi connectivity index (χ3n) is 5.78. The molecule has 0 aliphatic heterocycles. The lowest BCUT2D eigenvalue weighted by molar-refractivity contribution is 0.252. The van der Waals surface area contributed by atoms with Gasteiger partial charge in [0.15, 0.2) is 0 Å². The molecule has 0 heterocycles. The minimum absolute atomic E-state index is 0.0667. The van der Waals surface area contributed by atoms with E-state index in [0.29, 0.717) is 6.61 Å². The molecule has 0 aliphatic rings. The summed E-state index contributed by atoms with van der Waals surface area (Å²) in [6.07, 6.45) is 14.3. The summed E-state index contributed by atoms with van der Waals surface area (Å²) in [5, 5.41) is 0. The average molecular weight is 453 g/mol. The number of rotatable bonds is 15. The van der Waals surface area contributed by atoms with Crippen molar-refractivity contribution in [2.75, 3.05) is 6.61 Å². The number of hydrogen-bond donors (Lipinski definition) is 1. The van der Waals surface area contributed by atoms with Crippen LogP contribution in [0.2, 0.25) is 0 Å². The molecular formula is C27H49O3P. The monoisotopic (exact) mass is 452 g/mol. The molecule has 4 heteroatoms. The molecule has 1 atom stereocenters. The zero-order chi connectivity index (χ0) is 23.3. The van der Waals surface area contributed by atoms with Gasteiger partial charge in [-0.1, -0.05) is 125 Å². The fourth-order valence-electron chi connectivity index (χ4n) is 3.68. The molecule has 0 fully saturated rings. The minimum atomic E-state index is -1.90. The fourth-order valence-corrected chi connectivity index (χ4v) is 4.35. The van der Waals surface area contributed by atoms with E-state index in [1.165, 1.54) is 63.4 Å². The van der Waals surface area contributed by atoms with Gasteiger partial charge in [-0.05, 0) is 28.9 Å². The normalized spacial score (nSPS) is 13.4. The highest BCUT2D eigenvalue weighted by Crippen LogP contribution is 2.42. The third kappa shape index (κ3) is 12.3. The molecule has 1 aromatic carbocycles. The predicted molar refractivity (Wildman–Crippen MR) is 136 cm³/mol. The highest BCUT2D eigenvalue weighted by Gasteiger charge is 2.24. The maximum absolute atomic E-state index is 10.3. The van der Waals surface area contributed by atoms with Gasteiger partial charge < -0.3 is 13.9 Å². The van der Waals surface area contributed by atoms with Crippen molar-refractivity contribution < 1.29 is 13.9 Å². The van der Waals surface area contributed by atoms with Crippen molar-refractivity contribution in [1.82, 2.24) is 0 Å². The van der Waals surface area contributed by atoms with Gasteiger partial charge in [0.25, 0.3) is 0 Å². The Morgan fingerprint density at radius 1 is 0.742 bits per heavy atom. The molecule has 0 bridgehead atoms. The van der Waals surface area contributed by atoms with Crippen LogP contribution in [0.3, 0.4) is 0 Å². The summed E-state index contributed by atoms with van der Waals surface area (Å²) in [6.45, 7) is 16.0. The summed E-state index contributed by atoms with van der Waals surface area (Å²) in [5.41, 5.74) is 2.39. The summed E-state index contributed by atoms with van der Waals surface area (Å²) in [7, 11) is -1.90. The molecule has 0 aromatic heterocycles. The van der Waals surface area contributed by atoms with Crippen molar-refractivity contribution in [3.05, 3.63) is 29.3 Å². The van der Waals surface area contributed by atoms with Crippen LogP contribution in [0.1, 0.15) is 130 Å². The number of unbranched alkanes of at least 4 members (excludes halogenated alkanes) is 10. The summed E-state index contributed by atoms with van der Waals surface area (Å²) >= 11 is 0. The SMILES string of the molecule is CCCCCCCCCCCCCOP(O)Oc1ccc(C(C)(C)C)cc1C(C)(C)C. The van der Waals surface area contributed by atoms with E-state index in [9.17, 15) is 4.89 Å². The van der Waals surface area contributed by atoms with Crippen LogP contribution in [0.5, 0.6) is 5.75 Å². The van der Waals surface area contributed by atoms with E-state index in [1.54, 1.807) is 0 Å². The lowest BCUT2D eigenvalue weighted by atomic mass is 9.80. The van der Waals surface area contributed by atoms with Crippen molar-refractivity contribution >= 4 is 8.60 Å². The van der Waals surface area contributed by atoms with Crippen LogP contribution in [0.4, 0.5) is 0 Å². The molecule has 1 aromatic rings. The van der Waals surface area contributed by atoms with Crippen LogP contribution in [0.25, 0.3) is 0 Å². The topological polar surface area (TPSA) is 38.7 Å². The van der Waals surface area contributed by atoms with Crippen molar-refractivity contribution in [3.8, 4) is 5.75 Å². The molecule has 0 amide bonds. The van der Waals surface area contributed by atoms with E-state index in [2.05, 4.69) is 60.6 Å². The average Bonchev–Trinajstić information content (AvgIpc) is 2.67. The maximum atomic E-state index is 10.3. The molecule has 31 heavy (non-hydrogen) atoms. The molecular weight excluding hydrogens is 403 g/mol. The van der Waals surface area contributed by atoms with Crippen LogP contribution in [-0.4, -0.2) is 11.5 Å². The van der Waals surface area contributed by atoms with Gasteiger partial charge in [-0.3, -0.25) is 0 Å². The second kappa shape index (κ2) is 14.5. The largest absolute Gasteiger partial charge is 0.427 e. The molecule has 180 valence electrons. The Hall–Kier alpha value is -0.630. The van der Waals surface area contributed by atoms with Gasteiger partial charge in [-0.25, -0.2) is 0 Å². The number of benzene rings is 1. The molecule has 0 aliphatic carbocycles. The molecule has 1 N–H and O–H groups in total. The molecule has 0 spiro atoms. The quantitative estimate of drug-likeness (QED) is 0.213. The smallest absolute Gasteiger partial charge is 0.394 e. The van der Waals surface area contributed by atoms with E-state index >= 15 is 0 Å². The first kappa shape index (κ1) is 28.4. The van der Waals surface area contributed by atoms with Crippen molar-refractivity contribution in [2.24, 2.45) is 0 Å². The van der Waals surface area contributed by atoms with E-state index < -0.39 is 8.60 Å². The Morgan fingerprint density at radius 3 is 1.74 bits per heavy atom. The number of hydrogen-bond acceptors (Lipinski definition) is 3. The van der Waals surface area contributed by atoms with Gasteiger partial charge >= 0.3 is 8.60 Å². The van der Waals surface area contributed by atoms with Crippen molar-refractivity contribution in [1.29, 1.82) is 0 Å². The van der Waals surface area contributed by atoms with Gasteiger partial charge in [-0.15, -0.1) is 0 Å².